The minimum atomic E-state index is -0.147. The normalized spacial score (nSPS) is 20.6. The van der Waals surface area contributed by atoms with E-state index in [4.69, 9.17) is 9.47 Å². The van der Waals surface area contributed by atoms with Gasteiger partial charge in [-0.1, -0.05) is 18.2 Å². The largest absolute Gasteiger partial charge is 0.491 e. The van der Waals surface area contributed by atoms with E-state index in [0.29, 0.717) is 19.4 Å². The maximum Gasteiger partial charge on any atom is 0.138 e. The molecule has 0 bridgehead atoms. The Bertz CT molecular complexity index is 398. The van der Waals surface area contributed by atoms with Crippen molar-refractivity contribution < 1.29 is 14.3 Å². The fraction of sp³-hybridized carbons (Fsp3) is 0.500. The average Bonchev–Trinajstić information content (AvgIpc) is 2.29. The number of carbonyl (C=O) groups is 1. The van der Waals surface area contributed by atoms with E-state index in [0.717, 1.165) is 11.3 Å². The van der Waals surface area contributed by atoms with Gasteiger partial charge in [0.1, 0.15) is 11.5 Å². The molecule has 3 nitrogen and oxygen atoms in total. The highest BCUT2D eigenvalue weighted by atomic mass is 16.5. The van der Waals surface area contributed by atoms with E-state index < -0.39 is 0 Å². The highest BCUT2D eigenvalue weighted by Gasteiger charge is 2.24. The fourth-order valence-corrected chi connectivity index (χ4v) is 1.99. The first-order chi connectivity index (χ1) is 8.16. The molecule has 17 heavy (non-hydrogen) atoms. The third kappa shape index (κ3) is 3.07. The Labute approximate surface area is 102 Å². The lowest BCUT2D eigenvalue weighted by atomic mass is 9.99. The van der Waals surface area contributed by atoms with Gasteiger partial charge in [-0.3, -0.25) is 4.79 Å². The Morgan fingerprint density at radius 1 is 1.35 bits per heavy atom. The lowest BCUT2D eigenvalue weighted by molar-refractivity contribution is -0.128. The Hall–Kier alpha value is -1.35. The van der Waals surface area contributed by atoms with Crippen LogP contribution in [0.4, 0.5) is 0 Å². The fourth-order valence-electron chi connectivity index (χ4n) is 1.99. The summed E-state index contributed by atoms with van der Waals surface area (Å²) in [5, 5.41) is 0. The smallest absolute Gasteiger partial charge is 0.138 e. The van der Waals surface area contributed by atoms with Crippen molar-refractivity contribution in [2.24, 2.45) is 0 Å². The van der Waals surface area contributed by atoms with Crippen molar-refractivity contribution in [3.8, 4) is 5.75 Å². The lowest BCUT2D eigenvalue weighted by Gasteiger charge is -2.24. The van der Waals surface area contributed by atoms with Gasteiger partial charge in [-0.25, -0.2) is 0 Å². The van der Waals surface area contributed by atoms with Crippen molar-refractivity contribution in [2.45, 2.75) is 38.9 Å². The van der Waals surface area contributed by atoms with Crippen molar-refractivity contribution >= 4 is 5.78 Å². The highest BCUT2D eigenvalue weighted by Crippen LogP contribution is 2.33. The monoisotopic (exact) mass is 234 g/mol. The third-order valence-electron chi connectivity index (χ3n) is 2.74. The first kappa shape index (κ1) is 12.1. The van der Waals surface area contributed by atoms with E-state index in [9.17, 15) is 4.79 Å². The van der Waals surface area contributed by atoms with Crippen molar-refractivity contribution in [3.05, 3.63) is 29.8 Å². The Morgan fingerprint density at radius 3 is 2.82 bits per heavy atom. The Balaban J connectivity index is 2.21. The summed E-state index contributed by atoms with van der Waals surface area (Å²) in [7, 11) is 0. The van der Waals surface area contributed by atoms with E-state index in [1.807, 2.05) is 38.1 Å². The second-order valence-electron chi connectivity index (χ2n) is 4.56. The maximum absolute atomic E-state index is 11.5. The Kier molecular flexibility index (Phi) is 3.79. The number of rotatable bonds is 3. The molecule has 1 aliphatic heterocycles. The molecule has 92 valence electrons. The molecular formula is C14H18O3. The Morgan fingerprint density at radius 2 is 2.12 bits per heavy atom. The molecule has 1 heterocycles. The van der Waals surface area contributed by atoms with Crippen LogP contribution in [0.25, 0.3) is 0 Å². The first-order valence-electron chi connectivity index (χ1n) is 6.05. The third-order valence-corrected chi connectivity index (χ3v) is 2.74. The molecule has 0 aromatic heterocycles. The van der Waals surface area contributed by atoms with Crippen LogP contribution in [0.2, 0.25) is 0 Å². The molecule has 1 aromatic carbocycles. The number of carbonyl (C=O) groups excluding carboxylic acids is 1. The number of hydrogen-bond donors (Lipinski definition) is 0. The number of benzene rings is 1. The molecule has 1 aliphatic rings. The predicted octanol–water partition coefficient (Wildman–Crippen LogP) is 2.89. The standard InChI is InChI=1S/C14H18O3/c1-10(2)17-13-6-4-3-5-12(13)14-9-11(15)7-8-16-14/h3-6,10,14H,7-9H2,1-2H3. The van der Waals surface area contributed by atoms with Crippen LogP contribution in [-0.2, 0) is 9.53 Å². The minimum Gasteiger partial charge on any atom is -0.491 e. The van der Waals surface area contributed by atoms with Crippen molar-refractivity contribution in [1.29, 1.82) is 0 Å². The van der Waals surface area contributed by atoms with E-state index in [1.165, 1.54) is 0 Å². The summed E-state index contributed by atoms with van der Waals surface area (Å²) < 4.78 is 11.4. The molecule has 0 spiro atoms. The molecule has 0 saturated carbocycles. The second kappa shape index (κ2) is 5.32. The number of para-hydroxylation sites is 1. The van der Waals surface area contributed by atoms with E-state index in [-0.39, 0.29) is 18.0 Å². The summed E-state index contributed by atoms with van der Waals surface area (Å²) >= 11 is 0. The number of ether oxygens (including phenoxy) is 2. The average molecular weight is 234 g/mol. The van der Waals surface area contributed by atoms with Gasteiger partial charge >= 0.3 is 0 Å². The van der Waals surface area contributed by atoms with Crippen molar-refractivity contribution in [3.63, 3.8) is 0 Å². The number of Topliss-reactive ketones (excluding diaryl/α,β-unsaturated/α-hetero) is 1. The predicted molar refractivity (Wildman–Crippen MR) is 65.1 cm³/mol. The summed E-state index contributed by atoms with van der Waals surface area (Å²) in [5.41, 5.74) is 0.981. The highest BCUT2D eigenvalue weighted by molar-refractivity contribution is 5.79. The molecule has 0 radical (unpaired) electrons. The SMILES string of the molecule is CC(C)Oc1ccccc1C1CC(=O)CCO1. The zero-order valence-corrected chi connectivity index (χ0v) is 10.3. The van der Waals surface area contributed by atoms with E-state index in [2.05, 4.69) is 0 Å². The van der Waals surface area contributed by atoms with Crippen LogP contribution >= 0.6 is 0 Å². The summed E-state index contributed by atoms with van der Waals surface area (Å²) in [4.78, 5) is 11.5. The first-order valence-corrected chi connectivity index (χ1v) is 6.05. The minimum absolute atomic E-state index is 0.121. The quantitative estimate of drug-likeness (QED) is 0.806. The van der Waals surface area contributed by atoms with Crippen LogP contribution in [-0.4, -0.2) is 18.5 Å². The van der Waals surface area contributed by atoms with Gasteiger partial charge in [-0.15, -0.1) is 0 Å². The van der Waals surface area contributed by atoms with Gasteiger partial charge in [0, 0.05) is 18.4 Å². The molecule has 1 unspecified atom stereocenters. The van der Waals surface area contributed by atoms with Crippen LogP contribution in [0.15, 0.2) is 24.3 Å². The second-order valence-corrected chi connectivity index (χ2v) is 4.56. The van der Waals surface area contributed by atoms with Crippen LogP contribution in [0.1, 0.15) is 38.4 Å². The number of hydrogen-bond acceptors (Lipinski definition) is 3. The lowest BCUT2D eigenvalue weighted by Crippen LogP contribution is -2.20. The van der Waals surface area contributed by atoms with Crippen LogP contribution in [0.3, 0.4) is 0 Å². The molecular weight excluding hydrogens is 216 g/mol. The molecule has 0 amide bonds. The van der Waals surface area contributed by atoms with Crippen LogP contribution < -0.4 is 4.74 Å². The van der Waals surface area contributed by atoms with Gasteiger partial charge in [-0.2, -0.15) is 0 Å². The van der Waals surface area contributed by atoms with Crippen molar-refractivity contribution in [1.82, 2.24) is 0 Å². The maximum atomic E-state index is 11.5. The molecule has 1 saturated heterocycles. The van der Waals surface area contributed by atoms with Gasteiger partial charge in [0.15, 0.2) is 0 Å². The van der Waals surface area contributed by atoms with Crippen LogP contribution in [0.5, 0.6) is 5.75 Å². The molecule has 2 rings (SSSR count). The van der Waals surface area contributed by atoms with Gasteiger partial charge in [0.25, 0.3) is 0 Å². The van der Waals surface area contributed by atoms with Crippen LogP contribution in [0, 0.1) is 0 Å². The van der Waals surface area contributed by atoms with E-state index in [1.54, 1.807) is 0 Å². The summed E-state index contributed by atoms with van der Waals surface area (Å²) in [6.07, 6.45) is 0.962. The molecule has 1 atom stereocenters. The summed E-state index contributed by atoms with van der Waals surface area (Å²) in [6, 6.07) is 7.79. The molecule has 3 heteroatoms. The molecule has 1 fully saturated rings. The molecule has 0 N–H and O–H groups in total. The zero-order chi connectivity index (χ0) is 12.3. The van der Waals surface area contributed by atoms with E-state index >= 15 is 0 Å². The van der Waals surface area contributed by atoms with Gasteiger partial charge in [-0.05, 0) is 19.9 Å². The zero-order valence-electron chi connectivity index (χ0n) is 10.3. The van der Waals surface area contributed by atoms with Gasteiger partial charge in [0.05, 0.1) is 18.8 Å². The molecule has 1 aromatic rings. The van der Waals surface area contributed by atoms with Gasteiger partial charge in [0.2, 0.25) is 0 Å². The van der Waals surface area contributed by atoms with Gasteiger partial charge < -0.3 is 9.47 Å². The summed E-state index contributed by atoms with van der Waals surface area (Å²) in [6.45, 7) is 4.49. The topological polar surface area (TPSA) is 35.5 Å². The summed E-state index contributed by atoms with van der Waals surface area (Å²) in [5.74, 6) is 1.09. The van der Waals surface area contributed by atoms with Crippen molar-refractivity contribution in [2.75, 3.05) is 6.61 Å². The number of ketones is 1. The molecule has 0 aliphatic carbocycles.